The van der Waals surface area contributed by atoms with Gasteiger partial charge in [0.2, 0.25) is 0 Å². The number of ketones is 1. The second-order valence-electron chi connectivity index (χ2n) is 5.81. The molecule has 106 valence electrons. The molecule has 0 aromatic heterocycles. The van der Waals surface area contributed by atoms with E-state index in [2.05, 4.69) is 0 Å². The van der Waals surface area contributed by atoms with Gasteiger partial charge in [0.1, 0.15) is 11.5 Å². The van der Waals surface area contributed by atoms with Gasteiger partial charge in [0.15, 0.2) is 5.78 Å². The van der Waals surface area contributed by atoms with Crippen molar-refractivity contribution in [3.8, 4) is 11.5 Å². The SMILES string of the molecule is COc1ccc2c(c1)C[C@]1(Cc3cc(OC)ccc31)C2=O. The summed E-state index contributed by atoms with van der Waals surface area (Å²) in [7, 11) is 3.32. The van der Waals surface area contributed by atoms with Crippen molar-refractivity contribution in [1.29, 1.82) is 0 Å². The molecule has 0 fully saturated rings. The molecule has 3 heteroatoms. The fraction of sp³-hybridized carbons (Fsp3) is 0.278. The molecule has 0 unspecified atom stereocenters. The number of methoxy groups -OCH3 is 2. The first-order valence-electron chi connectivity index (χ1n) is 7.07. The summed E-state index contributed by atoms with van der Waals surface area (Å²) in [6, 6.07) is 11.8. The fourth-order valence-corrected chi connectivity index (χ4v) is 3.71. The summed E-state index contributed by atoms with van der Waals surface area (Å²) < 4.78 is 10.5. The Morgan fingerprint density at radius 2 is 1.52 bits per heavy atom. The highest BCUT2D eigenvalue weighted by Gasteiger charge is 2.53. The zero-order chi connectivity index (χ0) is 14.6. The number of hydrogen-bond acceptors (Lipinski definition) is 3. The van der Waals surface area contributed by atoms with Gasteiger partial charge in [-0.15, -0.1) is 0 Å². The summed E-state index contributed by atoms with van der Waals surface area (Å²) in [5.74, 6) is 1.92. The molecule has 4 rings (SSSR count). The molecule has 0 bridgehead atoms. The van der Waals surface area contributed by atoms with Crippen molar-refractivity contribution in [2.75, 3.05) is 14.2 Å². The molecular formula is C18H16O3. The lowest BCUT2D eigenvalue weighted by atomic mass is 9.61. The van der Waals surface area contributed by atoms with Crippen molar-refractivity contribution in [1.82, 2.24) is 0 Å². The summed E-state index contributed by atoms with van der Waals surface area (Å²) in [6.45, 7) is 0. The molecule has 2 aromatic rings. The van der Waals surface area contributed by atoms with Crippen molar-refractivity contribution in [2.24, 2.45) is 0 Å². The molecule has 0 amide bonds. The predicted octanol–water partition coefficient (Wildman–Crippen LogP) is 2.94. The van der Waals surface area contributed by atoms with E-state index in [1.165, 1.54) is 5.56 Å². The van der Waals surface area contributed by atoms with Gasteiger partial charge >= 0.3 is 0 Å². The molecule has 2 aliphatic rings. The Morgan fingerprint density at radius 3 is 2.19 bits per heavy atom. The zero-order valence-electron chi connectivity index (χ0n) is 12.1. The summed E-state index contributed by atoms with van der Waals surface area (Å²) >= 11 is 0. The average Bonchev–Trinajstić information content (AvgIpc) is 2.80. The Bertz CT molecular complexity index is 763. The number of carbonyl (C=O) groups is 1. The van der Waals surface area contributed by atoms with E-state index in [9.17, 15) is 4.79 Å². The van der Waals surface area contributed by atoms with Gasteiger partial charge in [-0.1, -0.05) is 6.07 Å². The standard InChI is InChI=1S/C18H16O3/c1-20-13-3-5-15-11(7-13)9-18(17(15)19)10-12-8-14(21-2)4-6-16(12)18/h3-8H,9-10H2,1-2H3/t18-/m1/s1. The lowest BCUT2D eigenvalue weighted by Gasteiger charge is -2.39. The van der Waals surface area contributed by atoms with Gasteiger partial charge in [-0.25, -0.2) is 0 Å². The third-order valence-corrected chi connectivity index (χ3v) is 4.80. The number of ether oxygens (including phenoxy) is 2. The molecule has 0 saturated carbocycles. The van der Waals surface area contributed by atoms with Crippen LogP contribution in [0.2, 0.25) is 0 Å². The van der Waals surface area contributed by atoms with E-state index < -0.39 is 0 Å². The predicted molar refractivity (Wildman–Crippen MR) is 79.4 cm³/mol. The molecule has 0 aliphatic heterocycles. The van der Waals surface area contributed by atoms with Gasteiger partial charge in [0, 0.05) is 5.56 Å². The number of fused-ring (bicyclic) bond motifs is 3. The summed E-state index contributed by atoms with van der Waals surface area (Å²) in [5.41, 5.74) is 3.97. The maximum absolute atomic E-state index is 12.8. The van der Waals surface area contributed by atoms with Crippen LogP contribution in [-0.4, -0.2) is 20.0 Å². The molecule has 3 nitrogen and oxygen atoms in total. The monoisotopic (exact) mass is 280 g/mol. The van der Waals surface area contributed by atoms with Crippen molar-refractivity contribution >= 4 is 5.78 Å². The fourth-order valence-electron chi connectivity index (χ4n) is 3.71. The molecule has 1 spiro atoms. The summed E-state index contributed by atoms with van der Waals surface area (Å²) in [6.07, 6.45) is 1.58. The molecule has 2 aromatic carbocycles. The average molecular weight is 280 g/mol. The van der Waals surface area contributed by atoms with Gasteiger partial charge in [0.25, 0.3) is 0 Å². The molecule has 0 N–H and O–H groups in total. The first-order chi connectivity index (χ1) is 10.2. The number of rotatable bonds is 2. The molecular weight excluding hydrogens is 264 g/mol. The van der Waals surface area contributed by atoms with Crippen LogP contribution in [0.25, 0.3) is 0 Å². The Kier molecular flexibility index (Phi) is 2.43. The van der Waals surface area contributed by atoms with Gasteiger partial charge in [0.05, 0.1) is 19.6 Å². The third-order valence-electron chi connectivity index (χ3n) is 4.80. The largest absolute Gasteiger partial charge is 0.497 e. The lowest BCUT2D eigenvalue weighted by Crippen LogP contribution is -2.44. The molecule has 0 saturated heterocycles. The minimum absolute atomic E-state index is 0.248. The van der Waals surface area contributed by atoms with Crippen molar-refractivity contribution in [2.45, 2.75) is 18.3 Å². The van der Waals surface area contributed by atoms with Crippen molar-refractivity contribution in [3.63, 3.8) is 0 Å². The van der Waals surface area contributed by atoms with E-state index in [0.717, 1.165) is 41.0 Å². The first-order valence-corrected chi connectivity index (χ1v) is 7.07. The van der Waals surface area contributed by atoms with E-state index in [1.807, 2.05) is 36.4 Å². The van der Waals surface area contributed by atoms with Crippen LogP contribution >= 0.6 is 0 Å². The van der Waals surface area contributed by atoms with Crippen LogP contribution in [0, 0.1) is 0 Å². The molecule has 0 heterocycles. The van der Waals surface area contributed by atoms with E-state index in [4.69, 9.17) is 9.47 Å². The van der Waals surface area contributed by atoms with Crippen LogP contribution in [-0.2, 0) is 18.3 Å². The topological polar surface area (TPSA) is 35.5 Å². The molecule has 1 atom stereocenters. The number of hydrogen-bond donors (Lipinski definition) is 0. The highest BCUT2D eigenvalue weighted by atomic mass is 16.5. The summed E-state index contributed by atoms with van der Waals surface area (Å²) in [4.78, 5) is 12.8. The maximum atomic E-state index is 12.8. The Labute approximate surface area is 123 Å². The van der Waals surface area contributed by atoms with E-state index in [0.29, 0.717) is 0 Å². The van der Waals surface area contributed by atoms with Gasteiger partial charge < -0.3 is 9.47 Å². The molecule has 2 aliphatic carbocycles. The van der Waals surface area contributed by atoms with Crippen LogP contribution in [0.1, 0.15) is 27.0 Å². The first kappa shape index (κ1) is 12.5. The molecule has 0 radical (unpaired) electrons. The minimum atomic E-state index is -0.351. The van der Waals surface area contributed by atoms with E-state index >= 15 is 0 Å². The van der Waals surface area contributed by atoms with Crippen LogP contribution in [0.4, 0.5) is 0 Å². The minimum Gasteiger partial charge on any atom is -0.497 e. The normalized spacial score (nSPS) is 21.7. The van der Waals surface area contributed by atoms with Crippen molar-refractivity contribution in [3.05, 3.63) is 58.7 Å². The van der Waals surface area contributed by atoms with E-state index in [-0.39, 0.29) is 11.2 Å². The number of Topliss-reactive ketones (excluding diaryl/α,β-unsaturated/α-hetero) is 1. The van der Waals surface area contributed by atoms with Crippen LogP contribution in [0.3, 0.4) is 0 Å². The Hall–Kier alpha value is -2.29. The quantitative estimate of drug-likeness (QED) is 0.848. The maximum Gasteiger partial charge on any atom is 0.174 e. The van der Waals surface area contributed by atoms with Crippen LogP contribution in [0.5, 0.6) is 11.5 Å². The number of carbonyl (C=O) groups excluding carboxylic acids is 1. The second kappa shape index (κ2) is 4.10. The number of benzene rings is 2. The summed E-state index contributed by atoms with van der Waals surface area (Å²) in [5, 5.41) is 0. The van der Waals surface area contributed by atoms with E-state index in [1.54, 1.807) is 14.2 Å². The second-order valence-corrected chi connectivity index (χ2v) is 5.81. The highest BCUT2D eigenvalue weighted by Crippen LogP contribution is 2.51. The zero-order valence-corrected chi connectivity index (χ0v) is 12.1. The smallest absolute Gasteiger partial charge is 0.174 e. The van der Waals surface area contributed by atoms with Crippen LogP contribution < -0.4 is 9.47 Å². The van der Waals surface area contributed by atoms with Gasteiger partial charge in [-0.05, 0) is 59.9 Å². The highest BCUT2D eigenvalue weighted by molar-refractivity contribution is 6.10. The van der Waals surface area contributed by atoms with Crippen LogP contribution in [0.15, 0.2) is 36.4 Å². The van der Waals surface area contributed by atoms with Crippen molar-refractivity contribution < 1.29 is 14.3 Å². The third kappa shape index (κ3) is 1.52. The molecule has 21 heavy (non-hydrogen) atoms. The van der Waals surface area contributed by atoms with Gasteiger partial charge in [-0.3, -0.25) is 4.79 Å². The lowest BCUT2D eigenvalue weighted by molar-refractivity contribution is 0.0881. The van der Waals surface area contributed by atoms with Gasteiger partial charge in [-0.2, -0.15) is 0 Å². The Balaban J connectivity index is 1.77. The Morgan fingerprint density at radius 1 is 0.905 bits per heavy atom.